The third kappa shape index (κ3) is 3.71. The van der Waals surface area contributed by atoms with E-state index in [2.05, 4.69) is 26.9 Å². The average molecular weight is 218 g/mol. The van der Waals surface area contributed by atoms with Crippen molar-refractivity contribution in [1.29, 1.82) is 0 Å². The van der Waals surface area contributed by atoms with Gasteiger partial charge in [0.25, 0.3) is 0 Å². The normalized spacial score (nSPS) is 9.12. The molecule has 1 N–H and O–H groups in total. The Morgan fingerprint density at radius 3 is 3.12 bits per heavy atom. The van der Waals surface area contributed by atoms with Crippen LogP contribution in [0, 0.1) is 11.8 Å². The highest BCUT2D eigenvalue weighted by Crippen LogP contribution is 2.02. The van der Waals surface area contributed by atoms with Crippen molar-refractivity contribution in [2.75, 3.05) is 20.7 Å². The minimum absolute atomic E-state index is 0.374. The first-order chi connectivity index (χ1) is 7.77. The molecule has 0 saturated heterocycles. The maximum atomic E-state index is 11.2. The highest BCUT2D eigenvalue weighted by molar-refractivity contribution is 5.89. The first kappa shape index (κ1) is 12.2. The lowest BCUT2D eigenvalue weighted by Gasteiger charge is -1.98. The van der Waals surface area contributed by atoms with E-state index in [1.165, 1.54) is 7.11 Å². The monoisotopic (exact) mass is 218 g/mol. The summed E-state index contributed by atoms with van der Waals surface area (Å²) in [5.41, 5.74) is 1.05. The highest BCUT2D eigenvalue weighted by atomic mass is 16.5. The summed E-state index contributed by atoms with van der Waals surface area (Å²) in [6.07, 6.45) is 2.30. The van der Waals surface area contributed by atoms with Gasteiger partial charge in [0.1, 0.15) is 5.69 Å². The third-order valence-electron chi connectivity index (χ3n) is 1.90. The lowest BCUT2D eigenvalue weighted by molar-refractivity contribution is 0.0600. The Bertz CT molecular complexity index is 419. The van der Waals surface area contributed by atoms with Crippen molar-refractivity contribution >= 4 is 5.97 Å². The van der Waals surface area contributed by atoms with Gasteiger partial charge >= 0.3 is 5.97 Å². The molecule has 0 unspecified atom stereocenters. The number of nitrogens with one attached hydrogen (secondary N) is 1. The summed E-state index contributed by atoms with van der Waals surface area (Å²) < 4.78 is 4.61. The number of ether oxygens (including phenoxy) is 1. The van der Waals surface area contributed by atoms with Crippen LogP contribution in [0.15, 0.2) is 18.3 Å². The molecule has 0 radical (unpaired) electrons. The minimum atomic E-state index is -0.374. The van der Waals surface area contributed by atoms with Gasteiger partial charge in [-0.05, 0) is 25.1 Å². The van der Waals surface area contributed by atoms with Gasteiger partial charge < -0.3 is 10.1 Å². The molecule has 0 aromatic carbocycles. The second kappa shape index (κ2) is 6.59. The van der Waals surface area contributed by atoms with Crippen molar-refractivity contribution in [3.8, 4) is 11.8 Å². The molecule has 0 saturated carbocycles. The van der Waals surface area contributed by atoms with Gasteiger partial charge in [0, 0.05) is 19.2 Å². The molecule has 0 bridgehead atoms. The predicted molar refractivity (Wildman–Crippen MR) is 61.0 cm³/mol. The smallest absolute Gasteiger partial charge is 0.338 e. The van der Waals surface area contributed by atoms with E-state index < -0.39 is 0 Å². The van der Waals surface area contributed by atoms with Crippen LogP contribution in [0.2, 0.25) is 0 Å². The van der Waals surface area contributed by atoms with Gasteiger partial charge in [-0.25, -0.2) is 9.78 Å². The van der Waals surface area contributed by atoms with Crippen LogP contribution in [0.4, 0.5) is 0 Å². The number of rotatable bonds is 3. The van der Waals surface area contributed by atoms with Gasteiger partial charge in [-0.1, -0.05) is 5.92 Å². The van der Waals surface area contributed by atoms with Crippen LogP contribution in [0.3, 0.4) is 0 Å². The van der Waals surface area contributed by atoms with Gasteiger partial charge in [-0.3, -0.25) is 0 Å². The summed E-state index contributed by atoms with van der Waals surface area (Å²) in [7, 11) is 3.22. The standard InChI is InChI=1S/C12H14N2O2/c1-13-7-4-3-5-11-9-10(6-8-14-11)12(15)16-2/h6,8-9,13H,4,7H2,1-2H3. The Morgan fingerprint density at radius 2 is 2.44 bits per heavy atom. The van der Waals surface area contributed by atoms with Gasteiger partial charge in [0.05, 0.1) is 12.7 Å². The number of hydrogen-bond acceptors (Lipinski definition) is 4. The van der Waals surface area contributed by atoms with Crippen molar-refractivity contribution in [3.63, 3.8) is 0 Å². The van der Waals surface area contributed by atoms with Crippen molar-refractivity contribution in [2.24, 2.45) is 0 Å². The van der Waals surface area contributed by atoms with E-state index in [1.807, 2.05) is 7.05 Å². The molecule has 1 aromatic heterocycles. The summed E-state index contributed by atoms with van der Waals surface area (Å²) >= 11 is 0. The van der Waals surface area contributed by atoms with Crippen LogP contribution in [0.1, 0.15) is 22.5 Å². The van der Waals surface area contributed by atoms with Crippen LogP contribution >= 0.6 is 0 Å². The highest BCUT2D eigenvalue weighted by Gasteiger charge is 2.04. The Labute approximate surface area is 95.0 Å². The van der Waals surface area contributed by atoms with Crippen molar-refractivity contribution in [1.82, 2.24) is 10.3 Å². The van der Waals surface area contributed by atoms with Gasteiger partial charge in [-0.2, -0.15) is 0 Å². The number of nitrogens with zero attached hydrogens (tertiary/aromatic N) is 1. The van der Waals surface area contributed by atoms with Crippen molar-refractivity contribution < 1.29 is 9.53 Å². The van der Waals surface area contributed by atoms with E-state index in [1.54, 1.807) is 18.3 Å². The van der Waals surface area contributed by atoms with E-state index in [0.29, 0.717) is 11.3 Å². The molecule has 84 valence electrons. The number of esters is 1. The zero-order chi connectivity index (χ0) is 11.8. The predicted octanol–water partition coefficient (Wildman–Crippen LogP) is 0.829. The first-order valence-electron chi connectivity index (χ1n) is 4.95. The number of pyridine rings is 1. The van der Waals surface area contributed by atoms with Crippen molar-refractivity contribution in [2.45, 2.75) is 6.42 Å². The minimum Gasteiger partial charge on any atom is -0.465 e. The molecule has 0 atom stereocenters. The number of hydrogen-bond donors (Lipinski definition) is 1. The molecule has 1 heterocycles. The van der Waals surface area contributed by atoms with Crippen LogP contribution < -0.4 is 5.32 Å². The number of carbonyl (C=O) groups is 1. The summed E-state index contributed by atoms with van der Waals surface area (Å²) in [6.45, 7) is 0.837. The summed E-state index contributed by atoms with van der Waals surface area (Å²) in [4.78, 5) is 15.3. The first-order valence-corrected chi connectivity index (χ1v) is 4.95. The number of carbonyl (C=O) groups excluding carboxylic acids is 1. The maximum Gasteiger partial charge on any atom is 0.338 e. The average Bonchev–Trinajstić information content (AvgIpc) is 2.34. The topological polar surface area (TPSA) is 51.2 Å². The molecule has 0 aliphatic heterocycles. The molecule has 0 spiro atoms. The molecule has 4 heteroatoms. The van der Waals surface area contributed by atoms with Crippen LogP contribution in [-0.4, -0.2) is 31.7 Å². The van der Waals surface area contributed by atoms with E-state index >= 15 is 0 Å². The lowest BCUT2D eigenvalue weighted by Crippen LogP contribution is -2.06. The maximum absolute atomic E-state index is 11.2. The molecule has 16 heavy (non-hydrogen) atoms. The van der Waals surface area contributed by atoms with E-state index in [-0.39, 0.29) is 5.97 Å². The Kier molecular flexibility index (Phi) is 5.03. The van der Waals surface area contributed by atoms with Gasteiger partial charge in [-0.15, -0.1) is 0 Å². The van der Waals surface area contributed by atoms with E-state index in [9.17, 15) is 4.79 Å². The van der Waals surface area contributed by atoms with Gasteiger partial charge in [0.2, 0.25) is 0 Å². The van der Waals surface area contributed by atoms with E-state index in [0.717, 1.165) is 13.0 Å². The van der Waals surface area contributed by atoms with Crippen LogP contribution in [-0.2, 0) is 4.74 Å². The molecule has 4 nitrogen and oxygen atoms in total. The van der Waals surface area contributed by atoms with Crippen molar-refractivity contribution in [3.05, 3.63) is 29.6 Å². The van der Waals surface area contributed by atoms with Crippen LogP contribution in [0.5, 0.6) is 0 Å². The molecule has 0 amide bonds. The summed E-state index contributed by atoms with van der Waals surface area (Å²) in [6, 6.07) is 3.23. The summed E-state index contributed by atoms with van der Waals surface area (Å²) in [5, 5.41) is 3.00. The van der Waals surface area contributed by atoms with Crippen LogP contribution in [0.25, 0.3) is 0 Å². The fraction of sp³-hybridized carbons (Fsp3) is 0.333. The Hall–Kier alpha value is -1.86. The van der Waals surface area contributed by atoms with Gasteiger partial charge in [0.15, 0.2) is 0 Å². The summed E-state index contributed by atoms with van der Waals surface area (Å²) in [5.74, 6) is 5.48. The molecule has 1 rings (SSSR count). The number of methoxy groups -OCH3 is 1. The quantitative estimate of drug-likeness (QED) is 0.464. The SMILES string of the molecule is CNCCC#Cc1cc(C(=O)OC)ccn1. The fourth-order valence-electron chi connectivity index (χ4n) is 1.08. The molecule has 0 aliphatic carbocycles. The molecule has 1 aromatic rings. The molecule has 0 aliphatic rings. The Morgan fingerprint density at radius 1 is 1.62 bits per heavy atom. The molecular weight excluding hydrogens is 204 g/mol. The zero-order valence-electron chi connectivity index (χ0n) is 9.41. The van der Waals surface area contributed by atoms with E-state index in [4.69, 9.17) is 0 Å². The largest absolute Gasteiger partial charge is 0.465 e. The fourth-order valence-corrected chi connectivity index (χ4v) is 1.08. The second-order valence-corrected chi connectivity index (χ2v) is 3.08. The second-order valence-electron chi connectivity index (χ2n) is 3.08. The third-order valence-corrected chi connectivity index (χ3v) is 1.90. The molecule has 0 fully saturated rings. The zero-order valence-corrected chi connectivity index (χ0v) is 9.41. The number of aromatic nitrogens is 1. The Balaban J connectivity index is 2.73. The lowest BCUT2D eigenvalue weighted by atomic mass is 10.2. The molecular formula is C12H14N2O2.